The van der Waals surface area contributed by atoms with Crippen LogP contribution in [0, 0.1) is 6.92 Å². The number of nitrogens with zero attached hydrogens (tertiary/aromatic N) is 4. The van der Waals surface area contributed by atoms with Crippen LogP contribution in [0.25, 0.3) is 32.9 Å². The van der Waals surface area contributed by atoms with Crippen molar-refractivity contribution >= 4 is 39.3 Å². The number of aryl methyl sites for hydroxylation is 1. The average Bonchev–Trinajstić information content (AvgIpc) is 3.17. The third kappa shape index (κ3) is 3.60. The van der Waals surface area contributed by atoms with Crippen LogP contribution >= 0.6 is 0 Å². The highest BCUT2D eigenvalue weighted by Crippen LogP contribution is 2.41. The molecule has 3 heterocycles. The fourth-order valence-corrected chi connectivity index (χ4v) is 4.74. The van der Waals surface area contributed by atoms with E-state index in [-0.39, 0.29) is 5.41 Å². The van der Waals surface area contributed by atoms with Crippen molar-refractivity contribution in [2.45, 2.75) is 26.2 Å². The van der Waals surface area contributed by atoms with E-state index in [1.165, 1.54) is 5.56 Å². The zero-order valence-corrected chi connectivity index (χ0v) is 20.2. The normalized spacial score (nSPS) is 14.1. The Labute approximate surface area is 203 Å². The topological polar surface area (TPSA) is 84.9 Å². The van der Waals surface area contributed by atoms with Gasteiger partial charge < -0.3 is 15.4 Å². The van der Waals surface area contributed by atoms with Crippen LogP contribution in [0.2, 0.25) is 0 Å². The van der Waals surface area contributed by atoms with Crippen molar-refractivity contribution < 1.29 is 4.74 Å². The Balaban J connectivity index is 1.44. The molecule has 0 saturated heterocycles. The molecule has 35 heavy (non-hydrogen) atoms. The Morgan fingerprint density at radius 2 is 1.86 bits per heavy atom. The number of anilines is 3. The van der Waals surface area contributed by atoms with Gasteiger partial charge in [0, 0.05) is 46.2 Å². The van der Waals surface area contributed by atoms with Crippen LogP contribution in [0.1, 0.15) is 25.0 Å². The van der Waals surface area contributed by atoms with E-state index < -0.39 is 0 Å². The van der Waals surface area contributed by atoms with Crippen molar-refractivity contribution in [3.63, 3.8) is 0 Å². The summed E-state index contributed by atoms with van der Waals surface area (Å²) in [4.78, 5) is 18.2. The summed E-state index contributed by atoms with van der Waals surface area (Å²) >= 11 is 0. The highest BCUT2D eigenvalue weighted by Gasteiger charge is 2.31. The highest BCUT2D eigenvalue weighted by atomic mass is 16.5. The molecule has 0 spiro atoms. The molecule has 0 atom stereocenters. The van der Waals surface area contributed by atoms with Crippen LogP contribution in [-0.2, 0) is 5.41 Å². The van der Waals surface area contributed by atoms with Crippen molar-refractivity contribution in [3.05, 3.63) is 72.2 Å². The van der Waals surface area contributed by atoms with Gasteiger partial charge in [0.15, 0.2) is 0 Å². The number of benzene rings is 3. The molecule has 0 aliphatic carbocycles. The summed E-state index contributed by atoms with van der Waals surface area (Å²) in [6, 6.07) is 16.7. The monoisotopic (exact) mass is 462 g/mol. The molecule has 0 amide bonds. The molecule has 7 heteroatoms. The minimum Gasteiger partial charge on any atom is -0.492 e. The number of nitrogens with one attached hydrogen (secondary N) is 2. The van der Waals surface area contributed by atoms with Crippen molar-refractivity contribution in [3.8, 4) is 16.9 Å². The van der Waals surface area contributed by atoms with Crippen molar-refractivity contribution in [1.29, 1.82) is 0 Å². The lowest BCUT2D eigenvalue weighted by atomic mass is 9.87. The molecule has 1 aliphatic rings. The lowest BCUT2D eigenvalue weighted by Gasteiger charge is -2.17. The maximum absolute atomic E-state index is 5.84. The Hall–Kier alpha value is -4.26. The van der Waals surface area contributed by atoms with Crippen LogP contribution in [0.15, 0.2) is 61.1 Å². The smallest absolute Gasteiger partial charge is 0.222 e. The van der Waals surface area contributed by atoms with Gasteiger partial charge in [-0.1, -0.05) is 26.0 Å². The van der Waals surface area contributed by atoms with Gasteiger partial charge in [-0.25, -0.2) is 19.9 Å². The minimum atomic E-state index is -0.0151. The number of rotatable bonds is 4. The standard InChI is InChI=1S/C28H26N6O/c1-16-5-8-20-25(24(16)17-6-9-22-18(11-17)13-30-27(29-4)34-22)31-15-32-26(20)33-19-7-10-23-21(12-19)28(2,3)14-35-23/h5-13,15H,14H2,1-4H3,(H,29,30,34)(H,31,32,33). The molecule has 0 fully saturated rings. The Kier molecular flexibility index (Phi) is 4.81. The third-order valence-corrected chi connectivity index (χ3v) is 6.67. The Morgan fingerprint density at radius 3 is 2.71 bits per heavy atom. The van der Waals surface area contributed by atoms with Crippen molar-refractivity contribution in [2.24, 2.45) is 0 Å². The van der Waals surface area contributed by atoms with Crippen LogP contribution in [-0.4, -0.2) is 33.6 Å². The summed E-state index contributed by atoms with van der Waals surface area (Å²) in [7, 11) is 1.82. The summed E-state index contributed by atoms with van der Waals surface area (Å²) in [6.07, 6.45) is 3.47. The number of hydrogen-bond donors (Lipinski definition) is 2. The Morgan fingerprint density at radius 1 is 0.971 bits per heavy atom. The maximum Gasteiger partial charge on any atom is 0.222 e. The van der Waals surface area contributed by atoms with E-state index in [0.29, 0.717) is 12.6 Å². The van der Waals surface area contributed by atoms with Crippen LogP contribution in [0.3, 0.4) is 0 Å². The molecular weight excluding hydrogens is 436 g/mol. The fraction of sp³-hybridized carbons (Fsp3) is 0.214. The van der Waals surface area contributed by atoms with Crippen LogP contribution in [0.5, 0.6) is 5.75 Å². The van der Waals surface area contributed by atoms with Crippen LogP contribution < -0.4 is 15.4 Å². The molecule has 1 aliphatic heterocycles. The molecule has 3 aromatic carbocycles. The zero-order valence-electron chi connectivity index (χ0n) is 20.2. The minimum absolute atomic E-state index is 0.0151. The van der Waals surface area contributed by atoms with Gasteiger partial charge in [0.1, 0.15) is 17.9 Å². The Bertz CT molecular complexity index is 1610. The number of fused-ring (bicyclic) bond motifs is 3. The summed E-state index contributed by atoms with van der Waals surface area (Å²) in [6.45, 7) is 7.20. The molecule has 174 valence electrons. The lowest BCUT2D eigenvalue weighted by molar-refractivity contribution is 0.291. The number of aromatic nitrogens is 4. The zero-order chi connectivity index (χ0) is 24.2. The predicted octanol–water partition coefficient (Wildman–Crippen LogP) is 6.00. The summed E-state index contributed by atoms with van der Waals surface area (Å²) in [5.41, 5.74) is 7.26. The van der Waals surface area contributed by atoms with Gasteiger partial charge in [-0.05, 0) is 54.4 Å². The summed E-state index contributed by atoms with van der Waals surface area (Å²) < 4.78 is 5.84. The molecule has 5 aromatic rings. The van der Waals surface area contributed by atoms with E-state index in [9.17, 15) is 0 Å². The summed E-state index contributed by atoms with van der Waals surface area (Å²) in [5.74, 6) is 2.33. The third-order valence-electron chi connectivity index (χ3n) is 6.67. The van der Waals surface area contributed by atoms with Crippen LogP contribution in [0.4, 0.5) is 17.5 Å². The lowest BCUT2D eigenvalue weighted by Crippen LogP contribution is -2.18. The molecule has 0 unspecified atom stereocenters. The van der Waals surface area contributed by atoms with Gasteiger partial charge in [-0.3, -0.25) is 0 Å². The summed E-state index contributed by atoms with van der Waals surface area (Å²) in [5, 5.41) is 8.45. The van der Waals surface area contributed by atoms with Crippen molar-refractivity contribution in [2.75, 3.05) is 24.3 Å². The van der Waals surface area contributed by atoms with Gasteiger partial charge in [-0.15, -0.1) is 0 Å². The van der Waals surface area contributed by atoms with E-state index in [1.54, 1.807) is 6.33 Å². The first-order valence-electron chi connectivity index (χ1n) is 11.7. The van der Waals surface area contributed by atoms with E-state index >= 15 is 0 Å². The highest BCUT2D eigenvalue weighted by molar-refractivity contribution is 6.02. The van der Waals surface area contributed by atoms with Gasteiger partial charge in [-0.2, -0.15) is 0 Å². The van der Waals surface area contributed by atoms with E-state index in [1.807, 2.05) is 31.4 Å². The number of hydrogen-bond acceptors (Lipinski definition) is 7. The first-order valence-corrected chi connectivity index (χ1v) is 11.7. The first-order chi connectivity index (χ1) is 16.9. The molecule has 7 nitrogen and oxygen atoms in total. The van der Waals surface area contributed by atoms with Gasteiger partial charge in [0.05, 0.1) is 17.6 Å². The molecule has 6 rings (SSSR count). The molecule has 0 radical (unpaired) electrons. The van der Waals surface area contributed by atoms with E-state index in [2.05, 4.69) is 76.7 Å². The largest absolute Gasteiger partial charge is 0.492 e. The second-order valence-electron chi connectivity index (χ2n) is 9.60. The quantitative estimate of drug-likeness (QED) is 0.339. The second-order valence-corrected chi connectivity index (χ2v) is 9.60. The second kappa shape index (κ2) is 7.91. The number of ether oxygens (including phenoxy) is 1. The average molecular weight is 463 g/mol. The molecule has 2 N–H and O–H groups in total. The first kappa shape index (κ1) is 21.3. The molecular formula is C28H26N6O. The van der Waals surface area contributed by atoms with E-state index in [0.717, 1.165) is 55.8 Å². The van der Waals surface area contributed by atoms with Crippen molar-refractivity contribution in [1.82, 2.24) is 19.9 Å². The van der Waals surface area contributed by atoms with E-state index in [4.69, 9.17) is 9.72 Å². The predicted molar refractivity (Wildman–Crippen MR) is 141 cm³/mol. The van der Waals surface area contributed by atoms with Gasteiger partial charge in [0.25, 0.3) is 0 Å². The van der Waals surface area contributed by atoms with Gasteiger partial charge >= 0.3 is 0 Å². The maximum atomic E-state index is 5.84. The van der Waals surface area contributed by atoms with Gasteiger partial charge in [0.2, 0.25) is 5.95 Å². The fourth-order valence-electron chi connectivity index (χ4n) is 4.74. The molecule has 0 bridgehead atoms. The SMILES string of the molecule is CNc1ncc2cc(-c3c(C)ccc4c(Nc5ccc6c(c5)C(C)(C)CO6)ncnc34)ccc2n1. The molecule has 0 saturated carbocycles. The molecule has 2 aromatic heterocycles.